The number of benzene rings is 1. The van der Waals surface area contributed by atoms with Gasteiger partial charge in [0.05, 0.1) is 17.3 Å². The topological polar surface area (TPSA) is 98.7 Å². The summed E-state index contributed by atoms with van der Waals surface area (Å²) in [7, 11) is 0. The first-order chi connectivity index (χ1) is 12.0. The van der Waals surface area contributed by atoms with E-state index in [9.17, 15) is 9.59 Å². The van der Waals surface area contributed by atoms with E-state index in [-0.39, 0.29) is 12.0 Å². The van der Waals surface area contributed by atoms with Crippen LogP contribution in [-0.2, 0) is 4.79 Å². The second-order valence-electron chi connectivity index (χ2n) is 5.41. The van der Waals surface area contributed by atoms with Crippen LogP contribution in [0.3, 0.4) is 0 Å². The molecule has 7 heteroatoms. The summed E-state index contributed by atoms with van der Waals surface area (Å²) in [5, 5.41) is 13.1. The van der Waals surface area contributed by atoms with E-state index in [1.165, 1.54) is 0 Å². The van der Waals surface area contributed by atoms with Crippen LogP contribution in [0.2, 0.25) is 0 Å². The lowest BCUT2D eigenvalue weighted by atomic mass is 10.1. The Hall–Kier alpha value is -3.14. The van der Waals surface area contributed by atoms with Crippen molar-refractivity contribution in [2.24, 2.45) is 5.10 Å². The summed E-state index contributed by atoms with van der Waals surface area (Å²) < 4.78 is 5.42. The van der Waals surface area contributed by atoms with Crippen molar-refractivity contribution < 1.29 is 9.21 Å². The minimum Gasteiger partial charge on any atom is -0.422 e. The molecule has 0 aliphatic carbocycles. The summed E-state index contributed by atoms with van der Waals surface area (Å²) in [5.41, 5.74) is 3.77. The average Bonchev–Trinajstić information content (AvgIpc) is 2.60. The van der Waals surface area contributed by atoms with Crippen LogP contribution in [0.15, 0.2) is 38.6 Å². The number of nitrogens with one attached hydrogen (secondary N) is 1. The molecule has 1 aromatic carbocycles. The van der Waals surface area contributed by atoms with Gasteiger partial charge in [-0.3, -0.25) is 4.79 Å². The summed E-state index contributed by atoms with van der Waals surface area (Å²) in [6, 6.07) is 9.11. The lowest BCUT2D eigenvalue weighted by molar-refractivity contribution is -0.120. The third kappa shape index (κ3) is 4.23. The molecule has 0 atom stereocenters. The molecule has 1 N–H and O–H groups in total. The SMILES string of the molecule is CCN(CC)c1ccc2cc(/C(C)=N/NC(=O)CC#N)c(=O)oc2c1. The van der Waals surface area contributed by atoms with Crippen molar-refractivity contribution in [3.8, 4) is 6.07 Å². The molecule has 0 bridgehead atoms. The zero-order chi connectivity index (χ0) is 18.4. The van der Waals surface area contributed by atoms with Crippen molar-refractivity contribution >= 4 is 28.3 Å². The fourth-order valence-electron chi connectivity index (χ4n) is 2.46. The molecule has 0 radical (unpaired) electrons. The predicted molar refractivity (Wildman–Crippen MR) is 96.6 cm³/mol. The minimum absolute atomic E-state index is 0.264. The monoisotopic (exact) mass is 340 g/mol. The number of nitriles is 1. The molecular weight excluding hydrogens is 320 g/mol. The van der Waals surface area contributed by atoms with E-state index in [4.69, 9.17) is 9.68 Å². The summed E-state index contributed by atoms with van der Waals surface area (Å²) in [6.45, 7) is 7.44. The molecule has 1 heterocycles. The van der Waals surface area contributed by atoms with Crippen molar-refractivity contribution in [1.29, 1.82) is 5.26 Å². The van der Waals surface area contributed by atoms with Crippen LogP contribution in [0.1, 0.15) is 32.8 Å². The van der Waals surface area contributed by atoms with Crippen LogP contribution in [0.25, 0.3) is 11.0 Å². The predicted octanol–water partition coefficient (Wildman–Crippen LogP) is 2.39. The molecule has 0 aliphatic heterocycles. The number of fused-ring (bicyclic) bond motifs is 1. The van der Waals surface area contributed by atoms with E-state index in [1.807, 2.05) is 18.2 Å². The fraction of sp³-hybridized carbons (Fsp3) is 0.333. The van der Waals surface area contributed by atoms with Crippen LogP contribution < -0.4 is 16.0 Å². The zero-order valence-electron chi connectivity index (χ0n) is 14.5. The van der Waals surface area contributed by atoms with E-state index in [2.05, 4.69) is 29.3 Å². The Kier molecular flexibility index (Phi) is 5.90. The van der Waals surface area contributed by atoms with Crippen molar-refractivity contribution in [2.75, 3.05) is 18.0 Å². The molecular formula is C18H20N4O3. The Morgan fingerprint density at radius 2 is 2.04 bits per heavy atom. The number of amides is 1. The smallest absolute Gasteiger partial charge is 0.345 e. The first-order valence-electron chi connectivity index (χ1n) is 8.03. The summed E-state index contributed by atoms with van der Waals surface area (Å²) >= 11 is 0. The quantitative estimate of drug-likeness (QED) is 0.494. The normalized spacial score (nSPS) is 11.2. The van der Waals surface area contributed by atoms with Gasteiger partial charge in [-0.1, -0.05) is 0 Å². The highest BCUT2D eigenvalue weighted by Gasteiger charge is 2.11. The molecule has 0 spiro atoms. The van der Waals surface area contributed by atoms with Crippen LogP contribution in [-0.4, -0.2) is 24.7 Å². The van der Waals surface area contributed by atoms with Crippen LogP contribution in [0.5, 0.6) is 0 Å². The van der Waals surface area contributed by atoms with Gasteiger partial charge in [0.25, 0.3) is 5.91 Å². The van der Waals surface area contributed by atoms with Gasteiger partial charge in [0.2, 0.25) is 0 Å². The number of nitrogens with zero attached hydrogens (tertiary/aromatic N) is 3. The first-order valence-corrected chi connectivity index (χ1v) is 8.03. The van der Waals surface area contributed by atoms with Crippen molar-refractivity contribution in [3.63, 3.8) is 0 Å². The highest BCUT2D eigenvalue weighted by Crippen LogP contribution is 2.22. The largest absolute Gasteiger partial charge is 0.422 e. The van der Waals surface area contributed by atoms with Gasteiger partial charge in [-0.15, -0.1) is 0 Å². The molecule has 0 saturated heterocycles. The Labute approximate surface area is 145 Å². The molecule has 25 heavy (non-hydrogen) atoms. The summed E-state index contributed by atoms with van der Waals surface area (Å²) in [6.07, 6.45) is -0.294. The molecule has 0 aliphatic rings. The van der Waals surface area contributed by atoms with E-state index in [0.717, 1.165) is 24.2 Å². The van der Waals surface area contributed by atoms with Crippen LogP contribution >= 0.6 is 0 Å². The maximum absolute atomic E-state index is 12.2. The third-order valence-electron chi connectivity index (χ3n) is 3.83. The Bertz CT molecular complexity index is 905. The number of hydrazone groups is 1. The van der Waals surface area contributed by atoms with Gasteiger partial charge in [0.1, 0.15) is 12.0 Å². The van der Waals surface area contributed by atoms with E-state index in [1.54, 1.807) is 19.1 Å². The van der Waals surface area contributed by atoms with Crippen LogP contribution in [0, 0.1) is 11.3 Å². The maximum atomic E-state index is 12.2. The number of anilines is 1. The third-order valence-corrected chi connectivity index (χ3v) is 3.83. The number of carbonyl (C=O) groups is 1. The lowest BCUT2D eigenvalue weighted by Crippen LogP contribution is -2.22. The van der Waals surface area contributed by atoms with E-state index < -0.39 is 11.5 Å². The molecule has 1 aromatic heterocycles. The second-order valence-corrected chi connectivity index (χ2v) is 5.41. The standard InChI is InChI=1S/C18H20N4O3/c1-4-22(5-2)14-7-6-13-10-15(18(24)25-16(13)11-14)12(3)20-21-17(23)8-9-19/h6-7,10-11H,4-5,8H2,1-3H3,(H,21,23)/b20-12+. The highest BCUT2D eigenvalue weighted by atomic mass is 16.4. The number of carbonyl (C=O) groups excluding carboxylic acids is 1. The van der Waals surface area contributed by atoms with Crippen molar-refractivity contribution in [3.05, 3.63) is 40.2 Å². The molecule has 0 fully saturated rings. The fourth-order valence-corrected chi connectivity index (χ4v) is 2.46. The maximum Gasteiger partial charge on any atom is 0.345 e. The first kappa shape index (κ1) is 18.2. The molecule has 7 nitrogen and oxygen atoms in total. The van der Waals surface area contributed by atoms with E-state index in [0.29, 0.717) is 11.3 Å². The van der Waals surface area contributed by atoms with Gasteiger partial charge in [-0.2, -0.15) is 10.4 Å². The molecule has 1 amide bonds. The van der Waals surface area contributed by atoms with Gasteiger partial charge in [-0.05, 0) is 39.0 Å². The zero-order valence-corrected chi connectivity index (χ0v) is 14.5. The Balaban J connectivity index is 2.38. The van der Waals surface area contributed by atoms with Crippen molar-refractivity contribution in [2.45, 2.75) is 27.2 Å². The molecule has 0 saturated carbocycles. The van der Waals surface area contributed by atoms with Gasteiger partial charge in [0.15, 0.2) is 0 Å². The number of hydrogen-bond acceptors (Lipinski definition) is 6. The van der Waals surface area contributed by atoms with Gasteiger partial charge in [0, 0.05) is 30.2 Å². The number of rotatable bonds is 6. The second kappa shape index (κ2) is 8.11. The summed E-state index contributed by atoms with van der Waals surface area (Å²) in [5.74, 6) is -0.532. The highest BCUT2D eigenvalue weighted by molar-refractivity contribution is 6.01. The molecule has 2 aromatic rings. The van der Waals surface area contributed by atoms with E-state index >= 15 is 0 Å². The summed E-state index contributed by atoms with van der Waals surface area (Å²) in [4.78, 5) is 25.7. The van der Waals surface area contributed by atoms with Gasteiger partial charge in [-0.25, -0.2) is 10.2 Å². The molecule has 130 valence electrons. The average molecular weight is 340 g/mol. The molecule has 2 rings (SSSR count). The van der Waals surface area contributed by atoms with Gasteiger partial charge >= 0.3 is 5.63 Å². The number of hydrogen-bond donors (Lipinski definition) is 1. The Morgan fingerprint density at radius 1 is 1.32 bits per heavy atom. The molecule has 0 unspecified atom stereocenters. The van der Waals surface area contributed by atoms with Crippen molar-refractivity contribution in [1.82, 2.24) is 5.43 Å². The minimum atomic E-state index is -0.532. The Morgan fingerprint density at radius 3 is 2.68 bits per heavy atom. The lowest BCUT2D eigenvalue weighted by Gasteiger charge is -2.21. The van der Waals surface area contributed by atoms with Crippen LogP contribution in [0.4, 0.5) is 5.69 Å². The van der Waals surface area contributed by atoms with Gasteiger partial charge < -0.3 is 9.32 Å².